The SMILES string of the molecule is COCCC(=O)N1[C@H]2CC[C@@H]1c1cnc(-c3ccccc3)nc1C2. The number of ether oxygens (including phenoxy) is 1. The van der Waals surface area contributed by atoms with E-state index in [1.807, 2.05) is 41.4 Å². The zero-order valence-electron chi connectivity index (χ0n) is 13.8. The van der Waals surface area contributed by atoms with Gasteiger partial charge in [-0.1, -0.05) is 30.3 Å². The molecular formula is C19H21N3O2. The molecule has 0 saturated carbocycles. The molecule has 0 spiro atoms. The quantitative estimate of drug-likeness (QED) is 0.868. The number of carbonyl (C=O) groups excluding carboxylic acids is 1. The molecule has 1 amide bonds. The van der Waals surface area contributed by atoms with Gasteiger partial charge in [0.2, 0.25) is 5.91 Å². The molecule has 2 aliphatic rings. The number of benzene rings is 1. The van der Waals surface area contributed by atoms with Crippen LogP contribution in [0.2, 0.25) is 0 Å². The predicted molar refractivity (Wildman–Crippen MR) is 90.3 cm³/mol. The third-order valence-corrected chi connectivity index (χ3v) is 5.03. The van der Waals surface area contributed by atoms with Crippen molar-refractivity contribution < 1.29 is 9.53 Å². The van der Waals surface area contributed by atoms with E-state index in [1.54, 1.807) is 7.11 Å². The van der Waals surface area contributed by atoms with E-state index in [4.69, 9.17) is 9.72 Å². The summed E-state index contributed by atoms with van der Waals surface area (Å²) in [5, 5.41) is 0. The number of carbonyl (C=O) groups is 1. The lowest BCUT2D eigenvalue weighted by Gasteiger charge is -2.35. The Morgan fingerprint density at radius 2 is 2.12 bits per heavy atom. The van der Waals surface area contributed by atoms with E-state index in [-0.39, 0.29) is 18.0 Å². The van der Waals surface area contributed by atoms with Crippen molar-refractivity contribution in [2.45, 2.75) is 37.8 Å². The maximum atomic E-state index is 12.5. The molecule has 0 radical (unpaired) electrons. The van der Waals surface area contributed by atoms with E-state index in [0.717, 1.165) is 41.9 Å². The third kappa shape index (κ3) is 2.59. The predicted octanol–water partition coefficient (Wildman–Crippen LogP) is 2.77. The second-order valence-electron chi connectivity index (χ2n) is 6.46. The summed E-state index contributed by atoms with van der Waals surface area (Å²) in [6.07, 6.45) is 5.24. The van der Waals surface area contributed by atoms with Crippen LogP contribution in [0.1, 0.15) is 36.6 Å². The molecule has 2 bridgehead atoms. The van der Waals surface area contributed by atoms with Crippen molar-refractivity contribution in [2.75, 3.05) is 13.7 Å². The van der Waals surface area contributed by atoms with Crippen molar-refractivity contribution >= 4 is 5.91 Å². The number of aromatic nitrogens is 2. The Bertz CT molecular complexity index is 748. The van der Waals surface area contributed by atoms with Crippen molar-refractivity contribution in [3.05, 3.63) is 47.8 Å². The summed E-state index contributed by atoms with van der Waals surface area (Å²) in [6.45, 7) is 0.477. The number of nitrogens with zero attached hydrogens (tertiary/aromatic N) is 3. The van der Waals surface area contributed by atoms with Crippen LogP contribution in [0.15, 0.2) is 36.5 Å². The van der Waals surface area contributed by atoms with Gasteiger partial charge in [-0.2, -0.15) is 0 Å². The minimum atomic E-state index is 0.132. The van der Waals surface area contributed by atoms with E-state index in [9.17, 15) is 4.79 Å². The van der Waals surface area contributed by atoms with Crippen LogP contribution < -0.4 is 0 Å². The first-order valence-electron chi connectivity index (χ1n) is 8.49. The van der Waals surface area contributed by atoms with Crippen molar-refractivity contribution in [2.24, 2.45) is 0 Å². The fraction of sp³-hybridized carbons (Fsp3) is 0.421. The summed E-state index contributed by atoms with van der Waals surface area (Å²) in [4.78, 5) is 23.9. The van der Waals surface area contributed by atoms with Gasteiger partial charge < -0.3 is 9.64 Å². The van der Waals surface area contributed by atoms with Gasteiger partial charge in [-0.25, -0.2) is 9.97 Å². The van der Waals surface area contributed by atoms with E-state index in [0.29, 0.717) is 13.0 Å². The Kier molecular flexibility index (Phi) is 4.02. The molecule has 4 rings (SSSR count). The van der Waals surface area contributed by atoms with Crippen LogP contribution in [0.25, 0.3) is 11.4 Å². The molecule has 1 aromatic heterocycles. The van der Waals surface area contributed by atoms with E-state index in [2.05, 4.69) is 4.98 Å². The maximum Gasteiger partial charge on any atom is 0.225 e. The molecule has 0 unspecified atom stereocenters. The lowest BCUT2D eigenvalue weighted by molar-refractivity contribution is -0.135. The fourth-order valence-electron chi connectivity index (χ4n) is 3.90. The van der Waals surface area contributed by atoms with Gasteiger partial charge >= 0.3 is 0 Å². The van der Waals surface area contributed by atoms with Gasteiger partial charge in [0.15, 0.2) is 5.82 Å². The summed E-state index contributed by atoms with van der Waals surface area (Å²) in [6, 6.07) is 10.4. The van der Waals surface area contributed by atoms with Gasteiger partial charge in [0.1, 0.15) is 0 Å². The fourth-order valence-corrected chi connectivity index (χ4v) is 3.90. The van der Waals surface area contributed by atoms with Crippen LogP contribution >= 0.6 is 0 Å². The second kappa shape index (κ2) is 6.32. The molecule has 24 heavy (non-hydrogen) atoms. The van der Waals surface area contributed by atoms with E-state index in [1.165, 1.54) is 0 Å². The van der Waals surface area contributed by atoms with Gasteiger partial charge in [0, 0.05) is 36.9 Å². The third-order valence-electron chi connectivity index (χ3n) is 5.03. The summed E-state index contributed by atoms with van der Waals surface area (Å²) in [7, 11) is 1.63. The lowest BCUT2D eigenvalue weighted by Crippen LogP contribution is -2.42. The average molecular weight is 323 g/mol. The van der Waals surface area contributed by atoms with Gasteiger partial charge in [0.05, 0.1) is 24.8 Å². The molecule has 5 heteroatoms. The summed E-state index contributed by atoms with van der Waals surface area (Å²) >= 11 is 0. The Balaban J connectivity index is 1.63. The maximum absolute atomic E-state index is 12.5. The normalized spacial score (nSPS) is 21.6. The van der Waals surface area contributed by atoms with Crippen LogP contribution in [0.5, 0.6) is 0 Å². The number of fused-ring (bicyclic) bond motifs is 4. The minimum Gasteiger partial charge on any atom is -0.384 e. The number of methoxy groups -OCH3 is 1. The van der Waals surface area contributed by atoms with Crippen LogP contribution in [0.3, 0.4) is 0 Å². The monoisotopic (exact) mass is 323 g/mol. The van der Waals surface area contributed by atoms with Crippen molar-refractivity contribution in [1.82, 2.24) is 14.9 Å². The number of hydrogen-bond donors (Lipinski definition) is 0. The van der Waals surface area contributed by atoms with Crippen LogP contribution in [0.4, 0.5) is 0 Å². The van der Waals surface area contributed by atoms with Crippen LogP contribution in [-0.2, 0) is 16.0 Å². The topological polar surface area (TPSA) is 55.3 Å². The lowest BCUT2D eigenvalue weighted by atomic mass is 9.98. The van der Waals surface area contributed by atoms with Crippen molar-refractivity contribution in [1.29, 1.82) is 0 Å². The highest BCUT2D eigenvalue weighted by Crippen LogP contribution is 2.43. The van der Waals surface area contributed by atoms with Crippen molar-refractivity contribution in [3.8, 4) is 11.4 Å². The second-order valence-corrected chi connectivity index (χ2v) is 6.46. The molecule has 2 aromatic rings. The standard InChI is InChI=1S/C19H21N3O2/c1-24-10-9-18(23)22-14-7-8-17(22)15-12-20-19(21-16(15)11-14)13-5-3-2-4-6-13/h2-6,12,14,17H,7-11H2,1H3/t14-,17+/m0/s1. The Labute approximate surface area is 141 Å². The highest BCUT2D eigenvalue weighted by Gasteiger charge is 2.43. The molecule has 0 aliphatic carbocycles. The van der Waals surface area contributed by atoms with E-state index < -0.39 is 0 Å². The van der Waals surface area contributed by atoms with Gasteiger partial charge in [0.25, 0.3) is 0 Å². The first-order valence-corrected chi connectivity index (χ1v) is 8.49. The van der Waals surface area contributed by atoms with Crippen molar-refractivity contribution in [3.63, 3.8) is 0 Å². The van der Waals surface area contributed by atoms with Gasteiger partial charge in [-0.15, -0.1) is 0 Å². The summed E-state index contributed by atoms with van der Waals surface area (Å²) < 4.78 is 5.06. The zero-order valence-corrected chi connectivity index (χ0v) is 13.8. The Morgan fingerprint density at radius 1 is 1.29 bits per heavy atom. The first-order chi connectivity index (χ1) is 11.8. The Hall–Kier alpha value is -2.27. The molecule has 1 aromatic carbocycles. The molecule has 5 nitrogen and oxygen atoms in total. The van der Waals surface area contributed by atoms with Gasteiger partial charge in [-0.05, 0) is 12.8 Å². The highest BCUT2D eigenvalue weighted by molar-refractivity contribution is 5.78. The molecule has 1 saturated heterocycles. The van der Waals surface area contributed by atoms with Crippen LogP contribution in [0, 0.1) is 0 Å². The number of rotatable bonds is 4. The number of amides is 1. The molecule has 1 fully saturated rings. The molecule has 2 aliphatic heterocycles. The highest BCUT2D eigenvalue weighted by atomic mass is 16.5. The first kappa shape index (κ1) is 15.3. The molecule has 124 valence electrons. The largest absolute Gasteiger partial charge is 0.384 e. The molecule has 2 atom stereocenters. The smallest absolute Gasteiger partial charge is 0.225 e. The summed E-state index contributed by atoms with van der Waals surface area (Å²) in [5.41, 5.74) is 3.26. The van der Waals surface area contributed by atoms with Gasteiger partial charge in [-0.3, -0.25) is 4.79 Å². The zero-order chi connectivity index (χ0) is 16.5. The molecule has 3 heterocycles. The Morgan fingerprint density at radius 3 is 2.92 bits per heavy atom. The summed E-state index contributed by atoms with van der Waals surface area (Å²) in [5.74, 6) is 0.954. The van der Waals surface area contributed by atoms with Crippen LogP contribution in [-0.4, -0.2) is 40.5 Å². The van der Waals surface area contributed by atoms with E-state index >= 15 is 0 Å². The molecule has 0 N–H and O–H groups in total. The number of hydrogen-bond acceptors (Lipinski definition) is 4. The average Bonchev–Trinajstić information content (AvgIpc) is 2.95. The minimum absolute atomic E-state index is 0.132. The molecular weight excluding hydrogens is 302 g/mol.